The quantitative estimate of drug-likeness (QED) is 0.386. The van der Waals surface area contributed by atoms with E-state index in [0.717, 1.165) is 10.8 Å². The molecule has 7 nitrogen and oxygen atoms in total. The number of hydrogen-bond acceptors (Lipinski definition) is 5. The lowest BCUT2D eigenvalue weighted by Crippen LogP contribution is -2.43. The Morgan fingerprint density at radius 2 is 1.83 bits per heavy atom. The standard InChI is InChI=1S/C22H26N2O5/c1-5-14(24-21(28)29-22(2,3)4)19(25)17-16-13-9-7-6-8-12(13)10-11-15(16)23-18(17)20(26)27/h6-11,14,20,23,26-27H,5H2,1-4H3,(H,24,28)/t14-/m0/s1. The van der Waals surface area contributed by atoms with E-state index < -0.39 is 29.8 Å². The van der Waals surface area contributed by atoms with Gasteiger partial charge in [0, 0.05) is 10.9 Å². The summed E-state index contributed by atoms with van der Waals surface area (Å²) in [6.07, 6.45) is -2.25. The molecule has 7 heteroatoms. The molecule has 0 fully saturated rings. The number of Topliss-reactive ketones (excluding diaryl/α,β-unsaturated/α-hetero) is 1. The van der Waals surface area contributed by atoms with Crippen LogP contribution >= 0.6 is 0 Å². The number of nitrogens with one attached hydrogen (secondary N) is 2. The Kier molecular flexibility index (Phi) is 5.64. The molecule has 0 aliphatic heterocycles. The number of aliphatic hydroxyl groups is 2. The van der Waals surface area contributed by atoms with Gasteiger partial charge >= 0.3 is 6.09 Å². The van der Waals surface area contributed by atoms with Gasteiger partial charge in [-0.05, 0) is 44.0 Å². The fourth-order valence-corrected chi connectivity index (χ4v) is 3.41. The van der Waals surface area contributed by atoms with E-state index in [2.05, 4.69) is 10.3 Å². The van der Waals surface area contributed by atoms with E-state index in [0.29, 0.717) is 17.3 Å². The summed E-state index contributed by atoms with van der Waals surface area (Å²) in [7, 11) is 0. The van der Waals surface area contributed by atoms with Crippen molar-refractivity contribution in [1.82, 2.24) is 10.3 Å². The summed E-state index contributed by atoms with van der Waals surface area (Å²) < 4.78 is 5.26. The zero-order valence-corrected chi connectivity index (χ0v) is 16.9. The third-order valence-electron chi connectivity index (χ3n) is 4.64. The number of aliphatic hydroxyl groups excluding tert-OH is 1. The van der Waals surface area contributed by atoms with Gasteiger partial charge in [0.1, 0.15) is 5.60 Å². The fraction of sp³-hybridized carbons (Fsp3) is 0.364. The minimum Gasteiger partial charge on any atom is -0.444 e. The third kappa shape index (κ3) is 4.26. The topological polar surface area (TPSA) is 112 Å². The number of rotatable bonds is 5. The average Bonchev–Trinajstić information content (AvgIpc) is 3.04. The van der Waals surface area contributed by atoms with Crippen molar-refractivity contribution >= 4 is 33.6 Å². The first-order valence-electron chi connectivity index (χ1n) is 9.55. The molecule has 3 aromatic rings. The molecule has 1 amide bonds. The molecule has 0 bridgehead atoms. The number of ketones is 1. The molecule has 0 saturated heterocycles. The molecule has 0 radical (unpaired) electrons. The number of fused-ring (bicyclic) bond motifs is 3. The Bertz CT molecular complexity index is 1060. The van der Waals surface area contributed by atoms with Gasteiger partial charge in [0.25, 0.3) is 0 Å². The van der Waals surface area contributed by atoms with Crippen LogP contribution in [0.3, 0.4) is 0 Å². The van der Waals surface area contributed by atoms with Crippen molar-refractivity contribution in [1.29, 1.82) is 0 Å². The van der Waals surface area contributed by atoms with Gasteiger partial charge in [0.15, 0.2) is 12.1 Å². The molecule has 154 valence electrons. The number of benzene rings is 2. The van der Waals surface area contributed by atoms with Crippen LogP contribution in [-0.4, -0.2) is 38.7 Å². The number of amides is 1. The molecule has 29 heavy (non-hydrogen) atoms. The molecule has 1 heterocycles. The van der Waals surface area contributed by atoms with Crippen molar-refractivity contribution < 1.29 is 24.5 Å². The highest BCUT2D eigenvalue weighted by Gasteiger charge is 2.30. The predicted molar refractivity (Wildman–Crippen MR) is 111 cm³/mol. The molecule has 3 rings (SSSR count). The number of carbonyl (C=O) groups is 2. The largest absolute Gasteiger partial charge is 0.444 e. The number of aromatic amines is 1. The summed E-state index contributed by atoms with van der Waals surface area (Å²) in [5, 5.41) is 24.7. The lowest BCUT2D eigenvalue weighted by Gasteiger charge is -2.23. The number of alkyl carbamates (subject to hydrolysis) is 1. The van der Waals surface area contributed by atoms with Crippen molar-refractivity contribution in [3.8, 4) is 0 Å². The minimum atomic E-state index is -1.86. The van der Waals surface area contributed by atoms with Gasteiger partial charge in [-0.1, -0.05) is 37.3 Å². The Labute approximate surface area is 168 Å². The van der Waals surface area contributed by atoms with Crippen molar-refractivity contribution in [2.24, 2.45) is 0 Å². The third-order valence-corrected chi connectivity index (χ3v) is 4.64. The number of H-pyrrole nitrogens is 1. The van der Waals surface area contributed by atoms with E-state index in [4.69, 9.17) is 4.74 Å². The highest BCUT2D eigenvalue weighted by Crippen LogP contribution is 2.33. The van der Waals surface area contributed by atoms with E-state index in [9.17, 15) is 19.8 Å². The summed E-state index contributed by atoms with van der Waals surface area (Å²) in [4.78, 5) is 28.6. The van der Waals surface area contributed by atoms with Gasteiger partial charge < -0.3 is 25.3 Å². The first kappa shape index (κ1) is 20.8. The average molecular weight is 398 g/mol. The van der Waals surface area contributed by atoms with Crippen LogP contribution in [0.15, 0.2) is 36.4 Å². The summed E-state index contributed by atoms with van der Waals surface area (Å²) in [6.45, 7) is 6.98. The maximum absolute atomic E-state index is 13.4. The van der Waals surface area contributed by atoms with Crippen LogP contribution in [0.25, 0.3) is 21.7 Å². The summed E-state index contributed by atoms with van der Waals surface area (Å²) in [5.41, 5.74) is 0.0808. The Balaban J connectivity index is 2.11. The number of hydrogen-bond donors (Lipinski definition) is 4. The maximum Gasteiger partial charge on any atom is 0.408 e. The van der Waals surface area contributed by atoms with Crippen LogP contribution in [0.4, 0.5) is 4.79 Å². The molecule has 0 unspecified atom stereocenters. The van der Waals surface area contributed by atoms with Crippen LogP contribution in [0.5, 0.6) is 0 Å². The van der Waals surface area contributed by atoms with E-state index in [1.54, 1.807) is 33.8 Å². The first-order valence-corrected chi connectivity index (χ1v) is 9.55. The maximum atomic E-state index is 13.4. The second-order valence-corrected chi connectivity index (χ2v) is 7.97. The van der Waals surface area contributed by atoms with Crippen molar-refractivity contribution in [3.05, 3.63) is 47.7 Å². The van der Waals surface area contributed by atoms with Crippen LogP contribution < -0.4 is 5.32 Å². The lowest BCUT2D eigenvalue weighted by atomic mass is 9.95. The monoisotopic (exact) mass is 398 g/mol. The Morgan fingerprint density at radius 3 is 2.45 bits per heavy atom. The van der Waals surface area contributed by atoms with Gasteiger partial charge in [-0.25, -0.2) is 4.79 Å². The predicted octanol–water partition coefficient (Wildman–Crippen LogP) is 3.79. The van der Waals surface area contributed by atoms with Gasteiger partial charge in [-0.2, -0.15) is 0 Å². The van der Waals surface area contributed by atoms with Crippen molar-refractivity contribution in [2.75, 3.05) is 0 Å². The van der Waals surface area contributed by atoms with E-state index >= 15 is 0 Å². The number of aromatic nitrogens is 1. The lowest BCUT2D eigenvalue weighted by molar-refractivity contribution is -0.0457. The zero-order valence-electron chi connectivity index (χ0n) is 16.9. The van der Waals surface area contributed by atoms with E-state index in [1.165, 1.54) is 0 Å². The number of ether oxygens (including phenoxy) is 1. The summed E-state index contributed by atoms with van der Waals surface area (Å²) >= 11 is 0. The molecule has 0 saturated carbocycles. The van der Waals surface area contributed by atoms with Crippen molar-refractivity contribution in [2.45, 2.75) is 52.0 Å². The normalized spacial score (nSPS) is 13.1. The molecule has 1 atom stereocenters. The molecular weight excluding hydrogens is 372 g/mol. The van der Waals surface area contributed by atoms with E-state index in [-0.39, 0.29) is 11.3 Å². The first-order chi connectivity index (χ1) is 13.6. The molecule has 0 aliphatic rings. The highest BCUT2D eigenvalue weighted by molar-refractivity contribution is 6.20. The highest BCUT2D eigenvalue weighted by atomic mass is 16.6. The van der Waals surface area contributed by atoms with Gasteiger partial charge in [0.05, 0.1) is 17.3 Å². The SMILES string of the molecule is CC[C@H](NC(=O)OC(C)(C)C)C(=O)c1c(C(O)O)[nH]c2ccc3ccccc3c12. The fourth-order valence-electron chi connectivity index (χ4n) is 3.41. The zero-order chi connectivity index (χ0) is 21.3. The molecule has 2 aromatic carbocycles. The summed E-state index contributed by atoms with van der Waals surface area (Å²) in [5.74, 6) is -0.413. The Hall–Kier alpha value is -2.90. The Morgan fingerprint density at radius 1 is 1.14 bits per heavy atom. The second-order valence-electron chi connectivity index (χ2n) is 7.97. The van der Waals surface area contributed by atoms with E-state index in [1.807, 2.05) is 30.3 Å². The molecule has 4 N–H and O–H groups in total. The second kappa shape index (κ2) is 7.85. The van der Waals surface area contributed by atoms with Crippen molar-refractivity contribution in [3.63, 3.8) is 0 Å². The van der Waals surface area contributed by atoms with Gasteiger partial charge in [0.2, 0.25) is 0 Å². The van der Waals surface area contributed by atoms with Crippen LogP contribution in [0.2, 0.25) is 0 Å². The van der Waals surface area contributed by atoms with Crippen LogP contribution in [0.1, 0.15) is 56.5 Å². The molecule has 0 spiro atoms. The molecule has 1 aromatic heterocycles. The van der Waals surface area contributed by atoms with Gasteiger partial charge in [-0.15, -0.1) is 0 Å². The van der Waals surface area contributed by atoms with Gasteiger partial charge in [-0.3, -0.25) is 4.79 Å². The minimum absolute atomic E-state index is 0.00536. The summed E-state index contributed by atoms with van der Waals surface area (Å²) in [6, 6.07) is 10.4. The number of carbonyl (C=O) groups excluding carboxylic acids is 2. The molecular formula is C22H26N2O5. The molecule has 0 aliphatic carbocycles. The smallest absolute Gasteiger partial charge is 0.408 e. The van der Waals surface area contributed by atoms with Crippen LogP contribution in [0, 0.1) is 0 Å². The van der Waals surface area contributed by atoms with Crippen LogP contribution in [-0.2, 0) is 4.74 Å².